The van der Waals surface area contributed by atoms with E-state index in [9.17, 15) is 4.79 Å². The summed E-state index contributed by atoms with van der Waals surface area (Å²) in [6.07, 6.45) is 8.10. The summed E-state index contributed by atoms with van der Waals surface area (Å²) >= 11 is 0. The average Bonchev–Trinajstić information content (AvgIpc) is 2.55. The van der Waals surface area contributed by atoms with Gasteiger partial charge in [-0.25, -0.2) is 0 Å². The Kier molecular flexibility index (Phi) is 6.00. The van der Waals surface area contributed by atoms with Gasteiger partial charge in [0.1, 0.15) is 0 Å². The molecule has 0 saturated carbocycles. The van der Waals surface area contributed by atoms with Gasteiger partial charge in [-0.05, 0) is 24.8 Å². The van der Waals surface area contributed by atoms with Crippen molar-refractivity contribution in [2.45, 2.75) is 38.8 Å². The van der Waals surface area contributed by atoms with Crippen LogP contribution < -0.4 is 0 Å². The Morgan fingerprint density at radius 1 is 1.38 bits per heavy atom. The maximum atomic E-state index is 11.7. The summed E-state index contributed by atoms with van der Waals surface area (Å²) in [5.41, 5.74) is 1.29. The van der Waals surface area contributed by atoms with Crippen molar-refractivity contribution in [3.05, 3.63) is 48.0 Å². The molecule has 3 heteroatoms. The minimum Gasteiger partial charge on any atom is -0.469 e. The van der Waals surface area contributed by atoms with Crippen molar-refractivity contribution in [1.29, 1.82) is 0 Å². The van der Waals surface area contributed by atoms with Crippen molar-refractivity contribution < 1.29 is 9.53 Å². The first-order chi connectivity index (χ1) is 10.2. The van der Waals surface area contributed by atoms with E-state index in [1.54, 1.807) is 0 Å². The van der Waals surface area contributed by atoms with Gasteiger partial charge in [0.05, 0.1) is 13.0 Å². The quantitative estimate of drug-likeness (QED) is 0.593. The highest BCUT2D eigenvalue weighted by atomic mass is 16.5. The van der Waals surface area contributed by atoms with Gasteiger partial charge in [-0.15, -0.1) is 0 Å². The Morgan fingerprint density at radius 3 is 2.76 bits per heavy atom. The maximum absolute atomic E-state index is 11.7. The van der Waals surface area contributed by atoms with Gasteiger partial charge in [-0.3, -0.25) is 9.69 Å². The maximum Gasteiger partial charge on any atom is 0.309 e. The lowest BCUT2D eigenvalue weighted by atomic mass is 9.99. The monoisotopic (exact) mass is 287 g/mol. The third kappa shape index (κ3) is 4.71. The van der Waals surface area contributed by atoms with Crippen LogP contribution in [0.3, 0.4) is 0 Å². The van der Waals surface area contributed by atoms with Crippen molar-refractivity contribution in [3.63, 3.8) is 0 Å². The first kappa shape index (κ1) is 15.8. The molecule has 0 heterocycles. The van der Waals surface area contributed by atoms with E-state index in [2.05, 4.69) is 41.3 Å². The molecule has 0 aliphatic heterocycles. The molecule has 1 aromatic rings. The topological polar surface area (TPSA) is 29.5 Å². The number of carbonyl (C=O) groups is 1. The molecule has 2 rings (SSSR count). The van der Waals surface area contributed by atoms with Crippen LogP contribution in [0.15, 0.2) is 42.5 Å². The van der Waals surface area contributed by atoms with Gasteiger partial charge in [0, 0.05) is 19.1 Å². The molecule has 0 bridgehead atoms. The average molecular weight is 287 g/mol. The smallest absolute Gasteiger partial charge is 0.309 e. The molecule has 21 heavy (non-hydrogen) atoms. The second kappa shape index (κ2) is 7.99. The third-order valence-corrected chi connectivity index (χ3v) is 4.04. The molecule has 2 atom stereocenters. The minimum atomic E-state index is -0.132. The second-order valence-corrected chi connectivity index (χ2v) is 5.77. The molecule has 0 fully saturated rings. The zero-order chi connectivity index (χ0) is 15.1. The van der Waals surface area contributed by atoms with Crippen LogP contribution in [-0.2, 0) is 16.1 Å². The van der Waals surface area contributed by atoms with E-state index in [1.165, 1.54) is 25.5 Å². The molecule has 114 valence electrons. The number of rotatable bonds is 6. The molecule has 0 aromatic heterocycles. The molecule has 0 amide bonds. The molecule has 2 unspecified atom stereocenters. The summed E-state index contributed by atoms with van der Waals surface area (Å²) in [4.78, 5) is 14.1. The van der Waals surface area contributed by atoms with Gasteiger partial charge in [-0.1, -0.05) is 49.4 Å². The van der Waals surface area contributed by atoms with E-state index in [1.807, 2.05) is 13.0 Å². The van der Waals surface area contributed by atoms with Crippen LogP contribution in [0.1, 0.15) is 31.7 Å². The van der Waals surface area contributed by atoms with Gasteiger partial charge < -0.3 is 4.74 Å². The Bertz CT molecular complexity index is 469. The highest BCUT2D eigenvalue weighted by molar-refractivity contribution is 5.72. The summed E-state index contributed by atoms with van der Waals surface area (Å²) in [6.45, 7) is 3.55. The lowest BCUT2D eigenvalue weighted by Crippen LogP contribution is -2.39. The van der Waals surface area contributed by atoms with Gasteiger partial charge in [0.15, 0.2) is 0 Å². The predicted molar refractivity (Wildman–Crippen MR) is 84.8 cm³/mol. The number of esters is 1. The fourth-order valence-electron chi connectivity index (χ4n) is 2.86. The van der Waals surface area contributed by atoms with Crippen LogP contribution in [0, 0.1) is 5.92 Å². The highest BCUT2D eigenvalue weighted by Gasteiger charge is 2.23. The zero-order valence-corrected chi connectivity index (χ0v) is 13.0. The number of ether oxygens (including phenoxy) is 1. The van der Waals surface area contributed by atoms with Crippen LogP contribution in [-0.4, -0.2) is 30.6 Å². The van der Waals surface area contributed by atoms with Crippen LogP contribution in [0.2, 0.25) is 0 Å². The Morgan fingerprint density at radius 2 is 2.14 bits per heavy atom. The van der Waals surface area contributed by atoms with Crippen molar-refractivity contribution >= 4 is 5.97 Å². The lowest BCUT2D eigenvalue weighted by molar-refractivity contribution is -0.145. The minimum absolute atomic E-state index is 0.103. The van der Waals surface area contributed by atoms with Gasteiger partial charge in [-0.2, -0.15) is 0 Å². The largest absolute Gasteiger partial charge is 0.469 e. The first-order valence-corrected chi connectivity index (χ1v) is 7.73. The van der Waals surface area contributed by atoms with E-state index >= 15 is 0 Å². The number of allylic oxidation sites excluding steroid dienone is 1. The number of carbonyl (C=O) groups excluding carboxylic acids is 1. The molecule has 0 saturated heterocycles. The number of hydrogen-bond donors (Lipinski definition) is 0. The third-order valence-electron chi connectivity index (χ3n) is 4.04. The van der Waals surface area contributed by atoms with Gasteiger partial charge in [0.2, 0.25) is 0 Å². The highest BCUT2D eigenvalue weighted by Crippen LogP contribution is 2.20. The summed E-state index contributed by atoms with van der Waals surface area (Å²) < 4.78 is 4.87. The molecule has 0 radical (unpaired) electrons. The van der Waals surface area contributed by atoms with E-state index in [-0.39, 0.29) is 11.9 Å². The van der Waals surface area contributed by atoms with Crippen LogP contribution in [0.4, 0.5) is 0 Å². The molecule has 3 nitrogen and oxygen atoms in total. The number of methoxy groups -OCH3 is 1. The lowest BCUT2D eigenvalue weighted by Gasteiger charge is -2.33. The standard InChI is InChI=1S/C18H25NO2/c1-15(18(20)21-2)13-19(17-11-7-4-8-12-17)14-16-9-5-3-6-10-16/h3,5-7,9-11,15,17H,4,8,12-14H2,1-2H3. The Hall–Kier alpha value is -1.61. The predicted octanol–water partition coefficient (Wildman–Crippen LogP) is 3.41. The van der Waals surface area contributed by atoms with Gasteiger partial charge in [0.25, 0.3) is 0 Å². The SMILES string of the molecule is COC(=O)C(C)CN(Cc1ccccc1)C1C=CCCC1. The molecule has 1 aliphatic rings. The molecule has 0 N–H and O–H groups in total. The second-order valence-electron chi connectivity index (χ2n) is 5.77. The van der Waals surface area contributed by atoms with E-state index in [0.29, 0.717) is 6.04 Å². The van der Waals surface area contributed by atoms with Crippen molar-refractivity contribution in [3.8, 4) is 0 Å². The number of benzene rings is 1. The van der Waals surface area contributed by atoms with Crippen molar-refractivity contribution in [1.82, 2.24) is 4.90 Å². The first-order valence-electron chi connectivity index (χ1n) is 7.73. The van der Waals surface area contributed by atoms with E-state index in [4.69, 9.17) is 4.74 Å². The number of nitrogens with zero attached hydrogens (tertiary/aromatic N) is 1. The fraction of sp³-hybridized carbons (Fsp3) is 0.500. The Balaban J connectivity index is 2.08. The van der Waals surface area contributed by atoms with Crippen molar-refractivity contribution in [2.75, 3.05) is 13.7 Å². The normalized spacial score (nSPS) is 19.5. The summed E-state index contributed by atoms with van der Waals surface area (Å²) in [7, 11) is 1.46. The molecular formula is C18H25NO2. The summed E-state index contributed by atoms with van der Waals surface area (Å²) in [5, 5.41) is 0. The molecule has 1 aromatic carbocycles. The molecule has 1 aliphatic carbocycles. The summed E-state index contributed by atoms with van der Waals surface area (Å²) in [5.74, 6) is -0.234. The van der Waals surface area contributed by atoms with E-state index in [0.717, 1.165) is 19.5 Å². The van der Waals surface area contributed by atoms with Crippen molar-refractivity contribution in [2.24, 2.45) is 5.92 Å². The number of hydrogen-bond acceptors (Lipinski definition) is 3. The van der Waals surface area contributed by atoms with Crippen LogP contribution in [0.5, 0.6) is 0 Å². The fourth-order valence-corrected chi connectivity index (χ4v) is 2.86. The van der Waals surface area contributed by atoms with Crippen LogP contribution in [0.25, 0.3) is 0 Å². The summed E-state index contributed by atoms with van der Waals surface area (Å²) in [6, 6.07) is 10.9. The molecule has 0 spiro atoms. The van der Waals surface area contributed by atoms with Gasteiger partial charge >= 0.3 is 5.97 Å². The molecular weight excluding hydrogens is 262 g/mol. The van der Waals surface area contributed by atoms with Crippen LogP contribution >= 0.6 is 0 Å². The zero-order valence-electron chi connectivity index (χ0n) is 13.0. The van der Waals surface area contributed by atoms with E-state index < -0.39 is 0 Å². The Labute approximate surface area is 127 Å².